The summed E-state index contributed by atoms with van der Waals surface area (Å²) in [6.45, 7) is 2.66. The van der Waals surface area contributed by atoms with Gasteiger partial charge in [-0.15, -0.1) is 0 Å². The molecule has 2 rings (SSSR count). The van der Waals surface area contributed by atoms with Crippen LogP contribution in [-0.2, 0) is 4.74 Å². The van der Waals surface area contributed by atoms with E-state index in [4.69, 9.17) is 4.74 Å². The van der Waals surface area contributed by atoms with Crippen LogP contribution in [0.5, 0.6) is 0 Å². The van der Waals surface area contributed by atoms with Crippen LogP contribution in [0.3, 0.4) is 0 Å². The Kier molecular flexibility index (Phi) is 4.37. The zero-order valence-corrected chi connectivity index (χ0v) is 11.4. The van der Waals surface area contributed by atoms with E-state index in [-0.39, 0.29) is 16.7 Å². The molecule has 0 bridgehead atoms. The van der Waals surface area contributed by atoms with Crippen molar-refractivity contribution >= 4 is 11.4 Å². The number of nitro groups is 1. The third kappa shape index (κ3) is 3.23. The Hall–Kier alpha value is -1.62. The Morgan fingerprint density at radius 1 is 1.47 bits per heavy atom. The van der Waals surface area contributed by atoms with E-state index in [2.05, 4.69) is 5.32 Å². The Bertz CT molecular complexity index is 462. The van der Waals surface area contributed by atoms with Crippen molar-refractivity contribution in [3.8, 4) is 0 Å². The van der Waals surface area contributed by atoms with E-state index in [9.17, 15) is 10.1 Å². The van der Waals surface area contributed by atoms with E-state index < -0.39 is 0 Å². The minimum atomic E-state index is -0.343. The second-order valence-electron chi connectivity index (χ2n) is 5.12. The number of nitrogens with zero attached hydrogens (tertiary/aromatic N) is 1. The molecular weight excluding hydrogens is 244 g/mol. The lowest BCUT2D eigenvalue weighted by Crippen LogP contribution is -2.24. The highest BCUT2D eigenvalue weighted by molar-refractivity contribution is 5.62. The van der Waals surface area contributed by atoms with Gasteiger partial charge in [0.1, 0.15) is 5.69 Å². The average Bonchev–Trinajstić information content (AvgIpc) is 2.83. The van der Waals surface area contributed by atoms with E-state index in [1.165, 1.54) is 6.42 Å². The van der Waals surface area contributed by atoms with Gasteiger partial charge in [-0.3, -0.25) is 10.1 Å². The number of nitro benzene ring substituents is 1. The third-order valence-electron chi connectivity index (χ3n) is 3.80. The maximum atomic E-state index is 11.0. The normalized spacial score (nSPS) is 22.4. The van der Waals surface area contributed by atoms with E-state index in [1.54, 1.807) is 19.2 Å². The Morgan fingerprint density at radius 2 is 2.26 bits per heavy atom. The van der Waals surface area contributed by atoms with Gasteiger partial charge in [0.25, 0.3) is 5.69 Å². The smallest absolute Gasteiger partial charge is 0.292 e. The maximum absolute atomic E-state index is 11.0. The molecule has 1 aromatic rings. The molecule has 19 heavy (non-hydrogen) atoms. The molecule has 0 amide bonds. The van der Waals surface area contributed by atoms with Gasteiger partial charge in [0.15, 0.2) is 0 Å². The summed E-state index contributed by atoms with van der Waals surface area (Å²) < 4.78 is 5.44. The zero-order valence-electron chi connectivity index (χ0n) is 11.4. The molecule has 1 saturated carbocycles. The molecule has 1 aliphatic carbocycles. The lowest BCUT2D eigenvalue weighted by atomic mass is 10.1. The Balaban J connectivity index is 2.06. The molecule has 0 saturated heterocycles. The molecule has 5 nitrogen and oxygen atoms in total. The van der Waals surface area contributed by atoms with Crippen molar-refractivity contribution in [3.05, 3.63) is 33.9 Å². The molecule has 1 aliphatic rings. The molecule has 5 heteroatoms. The third-order valence-corrected chi connectivity index (χ3v) is 3.80. The fourth-order valence-electron chi connectivity index (χ4n) is 2.74. The molecule has 0 radical (unpaired) electrons. The molecule has 0 aliphatic heterocycles. The van der Waals surface area contributed by atoms with Crippen molar-refractivity contribution in [1.82, 2.24) is 0 Å². The molecule has 1 aromatic carbocycles. The molecule has 1 fully saturated rings. The molecule has 2 unspecified atom stereocenters. The standard InChI is InChI=1S/C14H20N2O3/c1-10-6-7-13(16(17)18)12(8-10)15-9-11-4-3-5-14(11)19-2/h6-8,11,14-15H,3-5,9H2,1-2H3. The quantitative estimate of drug-likeness (QED) is 0.655. The highest BCUT2D eigenvalue weighted by Gasteiger charge is 2.27. The number of methoxy groups -OCH3 is 1. The number of benzene rings is 1. The second kappa shape index (κ2) is 6.02. The predicted molar refractivity (Wildman–Crippen MR) is 74.5 cm³/mol. The van der Waals surface area contributed by atoms with Crippen molar-refractivity contribution in [1.29, 1.82) is 0 Å². The number of nitrogens with one attached hydrogen (secondary N) is 1. The molecule has 0 heterocycles. The van der Waals surface area contributed by atoms with Crippen LogP contribution in [0.15, 0.2) is 18.2 Å². The number of aryl methyl sites for hydroxylation is 1. The number of hydrogen-bond donors (Lipinski definition) is 1. The van der Waals surface area contributed by atoms with Crippen molar-refractivity contribution in [2.75, 3.05) is 19.0 Å². The largest absolute Gasteiger partial charge is 0.381 e. The average molecular weight is 264 g/mol. The van der Waals surface area contributed by atoms with Gasteiger partial charge in [0.05, 0.1) is 11.0 Å². The first-order chi connectivity index (χ1) is 9.11. The van der Waals surface area contributed by atoms with E-state index in [0.717, 1.165) is 24.9 Å². The van der Waals surface area contributed by atoms with Crippen LogP contribution in [-0.4, -0.2) is 24.7 Å². The van der Waals surface area contributed by atoms with Crippen molar-refractivity contribution in [3.63, 3.8) is 0 Å². The molecule has 1 N–H and O–H groups in total. The summed E-state index contributed by atoms with van der Waals surface area (Å²) in [5.41, 5.74) is 1.76. The van der Waals surface area contributed by atoms with Crippen LogP contribution in [0.4, 0.5) is 11.4 Å². The van der Waals surface area contributed by atoms with Gasteiger partial charge in [0.2, 0.25) is 0 Å². The van der Waals surface area contributed by atoms with Crippen molar-refractivity contribution in [2.24, 2.45) is 5.92 Å². The van der Waals surface area contributed by atoms with Crippen LogP contribution in [0.25, 0.3) is 0 Å². The summed E-state index contributed by atoms with van der Waals surface area (Å²) in [4.78, 5) is 10.6. The molecular formula is C14H20N2O3. The number of anilines is 1. The topological polar surface area (TPSA) is 64.4 Å². The number of rotatable bonds is 5. The van der Waals surface area contributed by atoms with Crippen LogP contribution in [0.1, 0.15) is 24.8 Å². The summed E-state index contributed by atoms with van der Waals surface area (Å²) in [6.07, 6.45) is 3.64. The molecule has 0 spiro atoms. The summed E-state index contributed by atoms with van der Waals surface area (Å²) in [6, 6.07) is 5.14. The monoisotopic (exact) mass is 264 g/mol. The van der Waals surface area contributed by atoms with Crippen LogP contribution in [0, 0.1) is 23.0 Å². The SMILES string of the molecule is COC1CCCC1CNc1cc(C)ccc1[N+](=O)[O-]. The molecule has 0 aromatic heterocycles. The minimum absolute atomic E-state index is 0.137. The first-order valence-electron chi connectivity index (χ1n) is 6.63. The lowest BCUT2D eigenvalue weighted by Gasteiger charge is -2.19. The first-order valence-corrected chi connectivity index (χ1v) is 6.63. The van der Waals surface area contributed by atoms with Gasteiger partial charge in [-0.1, -0.05) is 12.5 Å². The summed E-state index contributed by atoms with van der Waals surface area (Å²) in [5.74, 6) is 0.435. The van der Waals surface area contributed by atoms with Gasteiger partial charge >= 0.3 is 0 Å². The van der Waals surface area contributed by atoms with Gasteiger partial charge in [-0.05, 0) is 31.4 Å². The van der Waals surface area contributed by atoms with Crippen molar-refractivity contribution < 1.29 is 9.66 Å². The van der Waals surface area contributed by atoms with Gasteiger partial charge < -0.3 is 10.1 Å². The first kappa shape index (κ1) is 13.8. The van der Waals surface area contributed by atoms with Gasteiger partial charge in [-0.2, -0.15) is 0 Å². The predicted octanol–water partition coefficient (Wildman–Crippen LogP) is 3.13. The van der Waals surface area contributed by atoms with Crippen LogP contribution < -0.4 is 5.32 Å². The van der Waals surface area contributed by atoms with Gasteiger partial charge in [0, 0.05) is 25.6 Å². The Morgan fingerprint density at radius 3 is 2.95 bits per heavy atom. The van der Waals surface area contributed by atoms with Crippen molar-refractivity contribution in [2.45, 2.75) is 32.3 Å². The summed E-state index contributed by atoms with van der Waals surface area (Å²) >= 11 is 0. The molecule has 104 valence electrons. The second-order valence-corrected chi connectivity index (χ2v) is 5.12. The fourth-order valence-corrected chi connectivity index (χ4v) is 2.74. The lowest BCUT2D eigenvalue weighted by molar-refractivity contribution is -0.384. The summed E-state index contributed by atoms with van der Waals surface area (Å²) in [7, 11) is 1.73. The van der Waals surface area contributed by atoms with E-state index in [0.29, 0.717) is 11.6 Å². The molecule has 2 atom stereocenters. The highest BCUT2D eigenvalue weighted by atomic mass is 16.6. The number of ether oxygens (including phenoxy) is 1. The van der Waals surface area contributed by atoms with Crippen LogP contribution in [0.2, 0.25) is 0 Å². The minimum Gasteiger partial charge on any atom is -0.381 e. The highest BCUT2D eigenvalue weighted by Crippen LogP contribution is 2.30. The van der Waals surface area contributed by atoms with Crippen LogP contribution >= 0.6 is 0 Å². The fraction of sp³-hybridized carbons (Fsp3) is 0.571. The maximum Gasteiger partial charge on any atom is 0.292 e. The zero-order chi connectivity index (χ0) is 13.8. The van der Waals surface area contributed by atoms with E-state index >= 15 is 0 Å². The summed E-state index contributed by atoms with van der Waals surface area (Å²) in [5, 5.41) is 14.2. The number of hydrogen-bond acceptors (Lipinski definition) is 4. The van der Waals surface area contributed by atoms with Gasteiger partial charge in [-0.25, -0.2) is 0 Å². The Labute approximate surface area is 113 Å². The van der Waals surface area contributed by atoms with E-state index in [1.807, 2.05) is 13.0 Å².